The zero-order valence-corrected chi connectivity index (χ0v) is 19.4. The van der Waals surface area contributed by atoms with Crippen LogP contribution in [-0.4, -0.2) is 53.0 Å². The van der Waals surface area contributed by atoms with Crippen LogP contribution in [0.5, 0.6) is 0 Å². The minimum atomic E-state index is -0.941. The molecule has 0 spiro atoms. The molecule has 8 N–H and O–H groups in total. The molecule has 2 atom stereocenters. The van der Waals surface area contributed by atoms with Crippen molar-refractivity contribution in [2.75, 3.05) is 18.5 Å². The molecule has 3 rings (SSSR count). The Balaban J connectivity index is 1.56. The van der Waals surface area contributed by atoms with E-state index in [1.807, 2.05) is 44.3 Å². The molecule has 0 fully saturated rings. The number of nitrogen functional groups attached to an aromatic ring is 1. The molecule has 0 aliphatic carbocycles. The second kappa shape index (κ2) is 11.3. The van der Waals surface area contributed by atoms with Crippen LogP contribution in [0.4, 0.5) is 5.69 Å². The number of rotatable bonds is 11. The number of nitrogens with two attached hydrogens (primary N) is 1. The Hall–Kier alpha value is -3.85. The topological polar surface area (TPSA) is 156 Å². The van der Waals surface area contributed by atoms with Crippen molar-refractivity contribution in [3.63, 3.8) is 0 Å². The van der Waals surface area contributed by atoms with Crippen molar-refractivity contribution < 1.29 is 14.7 Å². The number of aromatic nitrogens is 1. The van der Waals surface area contributed by atoms with Gasteiger partial charge in [0.25, 0.3) is 0 Å². The zero-order valence-electron chi connectivity index (χ0n) is 19.4. The number of hydrogen-bond donors (Lipinski definition) is 7. The van der Waals surface area contributed by atoms with Crippen LogP contribution in [0.25, 0.3) is 10.9 Å². The smallest absolute Gasteiger partial charge is 0.245 e. The lowest BCUT2D eigenvalue weighted by Gasteiger charge is -2.25. The average molecular weight is 465 g/mol. The highest BCUT2D eigenvalue weighted by Crippen LogP contribution is 2.17. The van der Waals surface area contributed by atoms with Crippen LogP contribution < -0.4 is 21.7 Å². The van der Waals surface area contributed by atoms with Gasteiger partial charge in [0, 0.05) is 34.9 Å². The van der Waals surface area contributed by atoms with Crippen molar-refractivity contribution in [1.29, 1.82) is 5.41 Å². The van der Waals surface area contributed by atoms with E-state index in [0.717, 1.165) is 16.5 Å². The molecule has 0 aliphatic rings. The van der Waals surface area contributed by atoms with E-state index < -0.39 is 24.6 Å². The number of anilines is 1. The minimum absolute atomic E-state index is 0.0570. The van der Waals surface area contributed by atoms with E-state index in [1.165, 1.54) is 0 Å². The number of aromatic amines is 1. The average Bonchev–Trinajstić information content (AvgIpc) is 3.24. The molecule has 2 amide bonds. The fourth-order valence-corrected chi connectivity index (χ4v) is 3.70. The van der Waals surface area contributed by atoms with Gasteiger partial charge >= 0.3 is 0 Å². The summed E-state index contributed by atoms with van der Waals surface area (Å²) in [5.74, 6) is -0.959. The van der Waals surface area contributed by atoms with Crippen molar-refractivity contribution in [3.05, 3.63) is 65.9 Å². The van der Waals surface area contributed by atoms with Crippen molar-refractivity contribution in [2.45, 2.75) is 32.4 Å². The highest BCUT2D eigenvalue weighted by atomic mass is 16.3. The number of para-hydroxylation sites is 1. The Morgan fingerprint density at radius 3 is 2.44 bits per heavy atom. The summed E-state index contributed by atoms with van der Waals surface area (Å²) in [6.07, 6.45) is 2.60. The van der Waals surface area contributed by atoms with Crippen molar-refractivity contribution in [3.8, 4) is 0 Å². The number of aliphatic hydroxyl groups is 1. The first-order valence-electron chi connectivity index (χ1n) is 11.2. The molecule has 0 saturated heterocycles. The Bertz CT molecular complexity index is 1140. The third kappa shape index (κ3) is 6.14. The standard InChI is InChI=1S/C25H32N6O3/c1-15(2)22(25(34)28-12-11-17-13-29-20-6-4-3-5-19(17)20)31-24(33)21(14-32)30-18-9-7-16(8-10-18)23(26)27/h3-10,13,15,21-22,29-30,32H,11-12,14H2,1-2H3,(H3,26,27)(H,28,34)(H,31,33). The molecule has 34 heavy (non-hydrogen) atoms. The van der Waals surface area contributed by atoms with Crippen LogP contribution in [0, 0.1) is 11.3 Å². The fraction of sp³-hybridized carbons (Fsp3) is 0.320. The van der Waals surface area contributed by atoms with E-state index in [2.05, 4.69) is 20.9 Å². The fourth-order valence-electron chi connectivity index (χ4n) is 3.70. The van der Waals surface area contributed by atoms with Crippen molar-refractivity contribution in [1.82, 2.24) is 15.6 Å². The summed E-state index contributed by atoms with van der Waals surface area (Å²) in [5, 5.41) is 26.9. The zero-order chi connectivity index (χ0) is 24.7. The maximum atomic E-state index is 12.8. The lowest BCUT2D eigenvalue weighted by molar-refractivity contribution is -0.130. The summed E-state index contributed by atoms with van der Waals surface area (Å²) in [5.41, 5.74) is 8.76. The monoisotopic (exact) mass is 464 g/mol. The second-order valence-electron chi connectivity index (χ2n) is 8.50. The predicted octanol–water partition coefficient (Wildman–Crippen LogP) is 1.72. The van der Waals surface area contributed by atoms with Gasteiger partial charge in [-0.3, -0.25) is 15.0 Å². The van der Waals surface area contributed by atoms with Gasteiger partial charge in [0.2, 0.25) is 11.8 Å². The van der Waals surface area contributed by atoms with Crippen LogP contribution in [0.15, 0.2) is 54.7 Å². The SMILES string of the molecule is CC(C)C(NC(=O)C(CO)Nc1ccc(C(=N)N)cc1)C(=O)NCCc1c[nH]c2ccccc12. The van der Waals surface area contributed by atoms with Crippen LogP contribution >= 0.6 is 0 Å². The minimum Gasteiger partial charge on any atom is -0.394 e. The molecule has 9 nitrogen and oxygen atoms in total. The van der Waals surface area contributed by atoms with Gasteiger partial charge in [-0.1, -0.05) is 32.0 Å². The molecule has 1 heterocycles. The van der Waals surface area contributed by atoms with Gasteiger partial charge in [-0.2, -0.15) is 0 Å². The first kappa shape index (κ1) is 24.8. The lowest BCUT2D eigenvalue weighted by Crippen LogP contribution is -2.54. The van der Waals surface area contributed by atoms with Crippen molar-refractivity contribution in [2.24, 2.45) is 11.7 Å². The van der Waals surface area contributed by atoms with E-state index >= 15 is 0 Å². The molecule has 9 heteroatoms. The van der Waals surface area contributed by atoms with Crippen LogP contribution in [0.2, 0.25) is 0 Å². The maximum absolute atomic E-state index is 12.8. The molecule has 0 bridgehead atoms. The number of aliphatic hydroxyl groups excluding tert-OH is 1. The van der Waals surface area contributed by atoms with Gasteiger partial charge < -0.3 is 31.8 Å². The van der Waals surface area contributed by atoms with Gasteiger partial charge in [0.15, 0.2) is 0 Å². The number of fused-ring (bicyclic) bond motifs is 1. The molecule has 180 valence electrons. The van der Waals surface area contributed by atoms with E-state index in [0.29, 0.717) is 24.2 Å². The number of hydrogen-bond acceptors (Lipinski definition) is 5. The summed E-state index contributed by atoms with van der Waals surface area (Å²) in [4.78, 5) is 28.9. The Morgan fingerprint density at radius 2 is 1.79 bits per heavy atom. The number of amidine groups is 1. The molecular weight excluding hydrogens is 432 g/mol. The van der Waals surface area contributed by atoms with Gasteiger partial charge in [-0.25, -0.2) is 0 Å². The number of H-pyrrole nitrogens is 1. The number of carbonyl (C=O) groups is 2. The molecule has 2 unspecified atom stereocenters. The van der Waals surface area contributed by atoms with E-state index in [1.54, 1.807) is 24.3 Å². The number of amides is 2. The first-order chi connectivity index (χ1) is 16.3. The Morgan fingerprint density at radius 1 is 1.09 bits per heavy atom. The predicted molar refractivity (Wildman–Crippen MR) is 134 cm³/mol. The molecule has 2 aromatic carbocycles. The van der Waals surface area contributed by atoms with Gasteiger partial charge in [0.1, 0.15) is 17.9 Å². The van der Waals surface area contributed by atoms with E-state index in [4.69, 9.17) is 11.1 Å². The molecule has 0 saturated carbocycles. The van der Waals surface area contributed by atoms with Crippen LogP contribution in [-0.2, 0) is 16.0 Å². The first-order valence-corrected chi connectivity index (χ1v) is 11.2. The number of carbonyl (C=O) groups excluding carboxylic acids is 2. The summed E-state index contributed by atoms with van der Waals surface area (Å²) < 4.78 is 0. The summed E-state index contributed by atoms with van der Waals surface area (Å²) in [6, 6.07) is 12.9. The number of nitrogens with one attached hydrogen (secondary N) is 5. The highest BCUT2D eigenvalue weighted by Gasteiger charge is 2.27. The molecule has 3 aromatic rings. The molecular formula is C25H32N6O3. The van der Waals surface area contributed by atoms with Crippen molar-refractivity contribution >= 4 is 34.2 Å². The van der Waals surface area contributed by atoms with Gasteiger partial charge in [-0.15, -0.1) is 0 Å². The normalized spacial score (nSPS) is 12.8. The quantitative estimate of drug-likeness (QED) is 0.170. The Kier molecular flexibility index (Phi) is 8.26. The van der Waals surface area contributed by atoms with Gasteiger partial charge in [-0.05, 0) is 48.2 Å². The summed E-state index contributed by atoms with van der Waals surface area (Å²) >= 11 is 0. The van der Waals surface area contributed by atoms with Crippen LogP contribution in [0.3, 0.4) is 0 Å². The largest absolute Gasteiger partial charge is 0.394 e. The summed E-state index contributed by atoms with van der Waals surface area (Å²) in [7, 11) is 0. The van der Waals surface area contributed by atoms with Crippen LogP contribution in [0.1, 0.15) is 25.0 Å². The number of benzene rings is 2. The maximum Gasteiger partial charge on any atom is 0.245 e. The summed E-state index contributed by atoms with van der Waals surface area (Å²) in [6.45, 7) is 3.69. The second-order valence-corrected chi connectivity index (χ2v) is 8.50. The highest BCUT2D eigenvalue weighted by molar-refractivity contribution is 5.95. The Labute approximate surface area is 198 Å². The van der Waals surface area contributed by atoms with E-state index in [9.17, 15) is 14.7 Å². The molecule has 0 radical (unpaired) electrons. The lowest BCUT2D eigenvalue weighted by atomic mass is 10.0. The van der Waals surface area contributed by atoms with Gasteiger partial charge in [0.05, 0.1) is 6.61 Å². The third-order valence-electron chi connectivity index (χ3n) is 5.65. The molecule has 1 aromatic heterocycles. The third-order valence-corrected chi connectivity index (χ3v) is 5.65. The molecule has 0 aliphatic heterocycles. The van der Waals surface area contributed by atoms with E-state index in [-0.39, 0.29) is 17.7 Å².